The van der Waals surface area contributed by atoms with Crippen LogP contribution < -0.4 is 20.7 Å². The first-order valence-electron chi connectivity index (χ1n) is 8.69. The molecule has 3 N–H and O–H groups in total. The lowest BCUT2D eigenvalue weighted by Crippen LogP contribution is -2.42. The molecule has 1 atom stereocenters. The van der Waals surface area contributed by atoms with Gasteiger partial charge in [0, 0.05) is 29.2 Å². The Morgan fingerprint density at radius 1 is 1.15 bits per heavy atom. The number of nitrogens with one attached hydrogen (secondary N) is 3. The number of amides is 3. The average molecular weight is 434 g/mol. The first kappa shape index (κ1) is 20.8. The maximum atomic E-state index is 12.0. The summed E-state index contributed by atoms with van der Waals surface area (Å²) < 4.78 is 6.15. The number of hydrogen-bond donors (Lipinski definition) is 3. The van der Waals surface area contributed by atoms with Crippen molar-refractivity contribution in [2.24, 2.45) is 0 Å². The Labute approximate surface area is 167 Å². The SMILES string of the molecule is COc1cccc(CC(C)NC(=O)NCCC(=O)Nc2ccc(Br)cc2)c1. The molecule has 1 unspecified atom stereocenters. The van der Waals surface area contributed by atoms with Gasteiger partial charge in [-0.05, 0) is 55.3 Å². The zero-order valence-electron chi connectivity index (χ0n) is 15.4. The van der Waals surface area contributed by atoms with Gasteiger partial charge in [-0.1, -0.05) is 28.1 Å². The van der Waals surface area contributed by atoms with Gasteiger partial charge in [0.25, 0.3) is 0 Å². The third-order valence-corrected chi connectivity index (χ3v) is 4.35. The molecule has 0 heterocycles. The predicted molar refractivity (Wildman–Crippen MR) is 110 cm³/mol. The number of carbonyl (C=O) groups excluding carboxylic acids is 2. The number of carbonyl (C=O) groups is 2. The van der Waals surface area contributed by atoms with E-state index >= 15 is 0 Å². The number of methoxy groups -OCH3 is 1. The van der Waals surface area contributed by atoms with E-state index in [0.717, 1.165) is 21.5 Å². The van der Waals surface area contributed by atoms with E-state index in [2.05, 4.69) is 31.9 Å². The lowest BCUT2D eigenvalue weighted by atomic mass is 10.1. The van der Waals surface area contributed by atoms with Crippen LogP contribution in [0.25, 0.3) is 0 Å². The summed E-state index contributed by atoms with van der Waals surface area (Å²) >= 11 is 3.34. The highest BCUT2D eigenvalue weighted by Crippen LogP contribution is 2.15. The molecule has 2 rings (SSSR count). The van der Waals surface area contributed by atoms with Crippen LogP contribution in [0.5, 0.6) is 5.75 Å². The van der Waals surface area contributed by atoms with Crippen LogP contribution in [0, 0.1) is 0 Å². The molecular weight excluding hydrogens is 410 g/mol. The van der Waals surface area contributed by atoms with E-state index in [0.29, 0.717) is 6.42 Å². The smallest absolute Gasteiger partial charge is 0.315 e. The minimum absolute atomic E-state index is 0.0475. The molecule has 0 saturated heterocycles. The number of hydrogen-bond acceptors (Lipinski definition) is 3. The summed E-state index contributed by atoms with van der Waals surface area (Å²) in [6.45, 7) is 2.19. The van der Waals surface area contributed by atoms with E-state index in [-0.39, 0.29) is 30.9 Å². The van der Waals surface area contributed by atoms with Gasteiger partial charge in [-0.25, -0.2) is 4.79 Å². The van der Waals surface area contributed by atoms with Crippen molar-refractivity contribution in [2.75, 3.05) is 19.0 Å². The van der Waals surface area contributed by atoms with Crippen LogP contribution in [0.15, 0.2) is 53.0 Å². The van der Waals surface area contributed by atoms with E-state index in [4.69, 9.17) is 4.74 Å². The minimum atomic E-state index is -0.290. The van der Waals surface area contributed by atoms with E-state index in [1.807, 2.05) is 55.5 Å². The van der Waals surface area contributed by atoms with Crippen LogP contribution in [0.3, 0.4) is 0 Å². The summed E-state index contributed by atoms with van der Waals surface area (Å²) in [6, 6.07) is 14.7. The normalized spacial score (nSPS) is 11.4. The molecule has 0 bridgehead atoms. The predicted octanol–water partition coefficient (Wildman–Crippen LogP) is 3.72. The summed E-state index contributed by atoms with van der Waals surface area (Å²) in [5, 5.41) is 8.36. The fourth-order valence-electron chi connectivity index (χ4n) is 2.53. The molecule has 6 nitrogen and oxygen atoms in total. The number of benzene rings is 2. The topological polar surface area (TPSA) is 79.5 Å². The maximum Gasteiger partial charge on any atom is 0.315 e. The number of ether oxygens (including phenoxy) is 1. The van der Waals surface area contributed by atoms with Gasteiger partial charge in [0.2, 0.25) is 5.91 Å². The van der Waals surface area contributed by atoms with Crippen LogP contribution in [-0.4, -0.2) is 31.6 Å². The second-order valence-corrected chi connectivity index (χ2v) is 7.08. The summed E-state index contributed by atoms with van der Waals surface area (Å²) in [5.74, 6) is 0.642. The van der Waals surface area contributed by atoms with E-state index in [1.165, 1.54) is 0 Å². The van der Waals surface area contributed by atoms with Gasteiger partial charge in [-0.2, -0.15) is 0 Å². The Kier molecular flexibility index (Phi) is 8.13. The van der Waals surface area contributed by atoms with E-state index < -0.39 is 0 Å². The largest absolute Gasteiger partial charge is 0.497 e. The average Bonchev–Trinajstić information content (AvgIpc) is 2.63. The summed E-state index contributed by atoms with van der Waals surface area (Å²) in [5.41, 5.74) is 1.80. The highest BCUT2D eigenvalue weighted by Gasteiger charge is 2.09. The summed E-state index contributed by atoms with van der Waals surface area (Å²) in [7, 11) is 1.63. The maximum absolute atomic E-state index is 12.0. The monoisotopic (exact) mass is 433 g/mol. The third kappa shape index (κ3) is 7.70. The van der Waals surface area contributed by atoms with Crippen LogP contribution in [0.4, 0.5) is 10.5 Å². The first-order valence-corrected chi connectivity index (χ1v) is 9.48. The molecule has 0 aliphatic carbocycles. The zero-order valence-corrected chi connectivity index (χ0v) is 17.0. The van der Waals surface area contributed by atoms with Crippen molar-refractivity contribution in [2.45, 2.75) is 25.8 Å². The van der Waals surface area contributed by atoms with Crippen LogP contribution in [0.1, 0.15) is 18.9 Å². The van der Waals surface area contributed by atoms with Gasteiger partial charge in [-0.3, -0.25) is 4.79 Å². The highest BCUT2D eigenvalue weighted by molar-refractivity contribution is 9.10. The molecule has 0 saturated carbocycles. The van der Waals surface area contributed by atoms with Gasteiger partial charge in [0.05, 0.1) is 7.11 Å². The molecule has 0 aliphatic rings. The minimum Gasteiger partial charge on any atom is -0.497 e. The molecule has 2 aromatic carbocycles. The fourth-order valence-corrected chi connectivity index (χ4v) is 2.79. The Morgan fingerprint density at radius 2 is 1.89 bits per heavy atom. The van der Waals surface area contributed by atoms with Gasteiger partial charge in [0.1, 0.15) is 5.75 Å². The van der Waals surface area contributed by atoms with Gasteiger partial charge < -0.3 is 20.7 Å². The van der Waals surface area contributed by atoms with E-state index in [1.54, 1.807) is 7.11 Å². The summed E-state index contributed by atoms with van der Waals surface area (Å²) in [6.07, 6.45) is 0.891. The molecule has 0 aliphatic heterocycles. The highest BCUT2D eigenvalue weighted by atomic mass is 79.9. The molecular formula is C20H24BrN3O3. The van der Waals surface area contributed by atoms with Crippen molar-refractivity contribution in [1.29, 1.82) is 0 Å². The van der Waals surface area contributed by atoms with Gasteiger partial charge in [-0.15, -0.1) is 0 Å². The second-order valence-electron chi connectivity index (χ2n) is 6.16. The molecule has 0 radical (unpaired) electrons. The lowest BCUT2D eigenvalue weighted by molar-refractivity contribution is -0.116. The molecule has 27 heavy (non-hydrogen) atoms. The number of rotatable bonds is 8. The fraction of sp³-hybridized carbons (Fsp3) is 0.300. The van der Waals surface area contributed by atoms with Crippen molar-refractivity contribution >= 4 is 33.6 Å². The molecule has 0 fully saturated rings. The first-order chi connectivity index (χ1) is 13.0. The quantitative estimate of drug-likeness (QED) is 0.593. The van der Waals surface area contributed by atoms with Crippen molar-refractivity contribution in [3.05, 3.63) is 58.6 Å². The zero-order chi connectivity index (χ0) is 19.6. The molecule has 7 heteroatoms. The molecule has 3 amide bonds. The van der Waals surface area contributed by atoms with Crippen LogP contribution >= 0.6 is 15.9 Å². The Morgan fingerprint density at radius 3 is 2.59 bits per heavy atom. The van der Waals surface area contributed by atoms with Gasteiger partial charge in [0.15, 0.2) is 0 Å². The van der Waals surface area contributed by atoms with Crippen molar-refractivity contribution < 1.29 is 14.3 Å². The van der Waals surface area contributed by atoms with Crippen LogP contribution in [-0.2, 0) is 11.2 Å². The Balaban J connectivity index is 1.67. The summed E-state index contributed by atoms with van der Waals surface area (Å²) in [4.78, 5) is 23.9. The number of urea groups is 1. The third-order valence-electron chi connectivity index (χ3n) is 3.82. The van der Waals surface area contributed by atoms with Gasteiger partial charge >= 0.3 is 6.03 Å². The molecule has 2 aromatic rings. The van der Waals surface area contributed by atoms with Crippen molar-refractivity contribution in [3.63, 3.8) is 0 Å². The molecule has 144 valence electrons. The molecule has 0 aromatic heterocycles. The lowest BCUT2D eigenvalue weighted by Gasteiger charge is -2.15. The number of halogens is 1. The van der Waals surface area contributed by atoms with Crippen molar-refractivity contribution in [3.8, 4) is 5.75 Å². The standard InChI is InChI=1S/C20H24BrN3O3/c1-14(12-15-4-3-5-18(13-15)27-2)23-20(26)22-11-10-19(25)24-17-8-6-16(21)7-9-17/h3-9,13-14H,10-12H2,1-2H3,(H,24,25)(H2,22,23,26). The Hall–Kier alpha value is -2.54. The van der Waals surface area contributed by atoms with Crippen LogP contribution in [0.2, 0.25) is 0 Å². The van der Waals surface area contributed by atoms with E-state index in [9.17, 15) is 9.59 Å². The number of anilines is 1. The second kappa shape index (κ2) is 10.6. The Bertz CT molecular complexity index is 765. The molecule has 0 spiro atoms. The van der Waals surface area contributed by atoms with Crippen molar-refractivity contribution in [1.82, 2.24) is 10.6 Å².